The van der Waals surface area contributed by atoms with Gasteiger partial charge in [0.25, 0.3) is 0 Å². The van der Waals surface area contributed by atoms with E-state index >= 15 is 0 Å². The van der Waals surface area contributed by atoms with Gasteiger partial charge < -0.3 is 11.1 Å². The number of benzene rings is 1. The summed E-state index contributed by atoms with van der Waals surface area (Å²) in [5.41, 5.74) is 7.05. The summed E-state index contributed by atoms with van der Waals surface area (Å²) in [6, 6.07) is 7.03. The third-order valence-corrected chi connectivity index (χ3v) is 4.21. The number of nitrogens with two attached hydrogens (primary N) is 1. The number of hydrogen-bond donors (Lipinski definition) is 2. The van der Waals surface area contributed by atoms with E-state index in [1.165, 1.54) is 12.8 Å². The molecule has 1 saturated carbocycles. The quantitative estimate of drug-likeness (QED) is 0.896. The van der Waals surface area contributed by atoms with Gasteiger partial charge in [0.05, 0.1) is 0 Å². The van der Waals surface area contributed by atoms with Crippen molar-refractivity contribution >= 4 is 27.5 Å². The van der Waals surface area contributed by atoms with E-state index in [0.717, 1.165) is 34.4 Å². The Morgan fingerprint density at radius 2 is 2.00 bits per heavy atom. The Morgan fingerprint density at radius 1 is 1.29 bits per heavy atom. The molecule has 1 aromatic rings. The smallest absolute Gasteiger partial charge is 0.0462 e. The highest BCUT2D eigenvalue weighted by molar-refractivity contribution is 9.10. The topological polar surface area (TPSA) is 38.0 Å². The van der Waals surface area contributed by atoms with Gasteiger partial charge in [0, 0.05) is 28.1 Å². The van der Waals surface area contributed by atoms with Crippen LogP contribution in [0, 0.1) is 0 Å². The van der Waals surface area contributed by atoms with Crippen molar-refractivity contribution in [3.63, 3.8) is 0 Å². The van der Waals surface area contributed by atoms with Crippen LogP contribution in [-0.4, -0.2) is 12.1 Å². The van der Waals surface area contributed by atoms with Crippen molar-refractivity contribution < 1.29 is 0 Å². The molecule has 1 aliphatic carbocycles. The van der Waals surface area contributed by atoms with Crippen LogP contribution in [-0.2, 0) is 6.54 Å². The van der Waals surface area contributed by atoms with Crippen LogP contribution in [0.4, 0.5) is 0 Å². The molecule has 3 N–H and O–H groups in total. The van der Waals surface area contributed by atoms with Gasteiger partial charge in [-0.3, -0.25) is 0 Å². The Labute approximate surface area is 116 Å². The van der Waals surface area contributed by atoms with Crippen LogP contribution in [0.2, 0.25) is 5.02 Å². The Hall–Kier alpha value is -0.0900. The van der Waals surface area contributed by atoms with Crippen molar-refractivity contribution in [2.45, 2.75) is 44.3 Å². The largest absolute Gasteiger partial charge is 0.328 e. The maximum absolute atomic E-state index is 6.18. The Bertz CT molecular complexity index is 376. The standard InChI is InChI=1S/C13H18BrClN2/c14-10-2-1-9(13(15)7-10)8-17-12-5-3-11(16)4-6-12/h1-2,7,11-12,17H,3-6,8,16H2. The Kier molecular flexibility index (Phi) is 4.86. The molecule has 2 rings (SSSR count). The molecule has 0 unspecified atom stereocenters. The van der Waals surface area contributed by atoms with Crippen molar-refractivity contribution in [1.29, 1.82) is 0 Å². The fraction of sp³-hybridized carbons (Fsp3) is 0.538. The summed E-state index contributed by atoms with van der Waals surface area (Å²) < 4.78 is 1.02. The molecule has 17 heavy (non-hydrogen) atoms. The molecule has 0 amide bonds. The predicted octanol–water partition coefficient (Wildman–Crippen LogP) is 3.46. The predicted molar refractivity (Wildman–Crippen MR) is 76.2 cm³/mol. The third-order valence-electron chi connectivity index (χ3n) is 3.37. The van der Waals surface area contributed by atoms with E-state index in [4.69, 9.17) is 17.3 Å². The molecule has 0 spiro atoms. The second kappa shape index (κ2) is 6.19. The molecule has 1 aliphatic rings. The van der Waals surface area contributed by atoms with Crippen LogP contribution < -0.4 is 11.1 Å². The van der Waals surface area contributed by atoms with Gasteiger partial charge in [-0.1, -0.05) is 33.6 Å². The van der Waals surface area contributed by atoms with E-state index in [1.54, 1.807) is 0 Å². The van der Waals surface area contributed by atoms with Crippen LogP contribution in [0.3, 0.4) is 0 Å². The van der Waals surface area contributed by atoms with Gasteiger partial charge in [-0.25, -0.2) is 0 Å². The van der Waals surface area contributed by atoms with Gasteiger partial charge in [0.15, 0.2) is 0 Å². The lowest BCUT2D eigenvalue weighted by atomic mass is 9.92. The number of hydrogen-bond acceptors (Lipinski definition) is 2. The highest BCUT2D eigenvalue weighted by Gasteiger charge is 2.17. The first kappa shape index (κ1) is 13.3. The molecule has 0 atom stereocenters. The lowest BCUT2D eigenvalue weighted by molar-refractivity contribution is 0.342. The molecule has 0 aromatic heterocycles. The zero-order valence-corrected chi connectivity index (χ0v) is 12.1. The minimum Gasteiger partial charge on any atom is -0.328 e. The Morgan fingerprint density at radius 3 is 2.65 bits per heavy atom. The lowest BCUT2D eigenvalue weighted by Gasteiger charge is -2.27. The maximum atomic E-state index is 6.18. The van der Waals surface area contributed by atoms with Crippen molar-refractivity contribution in [3.05, 3.63) is 33.3 Å². The third kappa shape index (κ3) is 3.95. The van der Waals surface area contributed by atoms with Crippen LogP contribution in [0.1, 0.15) is 31.2 Å². The van der Waals surface area contributed by atoms with Crippen molar-refractivity contribution in [2.75, 3.05) is 0 Å². The summed E-state index contributed by atoms with van der Waals surface area (Å²) in [5.74, 6) is 0. The number of halogens is 2. The second-order valence-electron chi connectivity index (χ2n) is 4.73. The average Bonchev–Trinajstić information content (AvgIpc) is 2.30. The molecule has 1 fully saturated rings. The van der Waals surface area contributed by atoms with Gasteiger partial charge >= 0.3 is 0 Å². The van der Waals surface area contributed by atoms with E-state index in [-0.39, 0.29) is 0 Å². The van der Waals surface area contributed by atoms with Crippen LogP contribution in [0.5, 0.6) is 0 Å². The molecule has 0 bridgehead atoms. The van der Waals surface area contributed by atoms with Gasteiger partial charge in [0.1, 0.15) is 0 Å². The molecule has 0 saturated heterocycles. The average molecular weight is 318 g/mol. The van der Waals surface area contributed by atoms with Crippen LogP contribution >= 0.6 is 27.5 Å². The first-order valence-corrected chi connectivity index (χ1v) is 7.25. The van der Waals surface area contributed by atoms with Gasteiger partial charge in [-0.15, -0.1) is 0 Å². The van der Waals surface area contributed by atoms with Crippen LogP contribution in [0.25, 0.3) is 0 Å². The normalized spacial score (nSPS) is 24.9. The monoisotopic (exact) mass is 316 g/mol. The van der Waals surface area contributed by atoms with E-state index in [9.17, 15) is 0 Å². The summed E-state index contributed by atoms with van der Waals surface area (Å²) in [7, 11) is 0. The first-order valence-electron chi connectivity index (χ1n) is 6.08. The SMILES string of the molecule is NC1CCC(NCc2ccc(Br)cc2Cl)CC1. The Balaban J connectivity index is 1.85. The fourth-order valence-corrected chi connectivity index (χ4v) is 2.98. The highest BCUT2D eigenvalue weighted by Crippen LogP contribution is 2.22. The molecule has 2 nitrogen and oxygen atoms in total. The first-order chi connectivity index (χ1) is 8.15. The molecular weight excluding hydrogens is 300 g/mol. The zero-order chi connectivity index (χ0) is 12.3. The van der Waals surface area contributed by atoms with E-state index < -0.39 is 0 Å². The molecule has 0 heterocycles. The maximum Gasteiger partial charge on any atom is 0.0462 e. The lowest BCUT2D eigenvalue weighted by Crippen LogP contribution is -2.37. The molecule has 0 aliphatic heterocycles. The number of nitrogens with one attached hydrogen (secondary N) is 1. The summed E-state index contributed by atoms with van der Waals surface area (Å²) in [6.45, 7) is 0.839. The summed E-state index contributed by atoms with van der Waals surface area (Å²) in [6.07, 6.45) is 4.61. The molecule has 94 valence electrons. The summed E-state index contributed by atoms with van der Waals surface area (Å²) in [4.78, 5) is 0. The van der Waals surface area contributed by atoms with Gasteiger partial charge in [-0.2, -0.15) is 0 Å². The van der Waals surface area contributed by atoms with Crippen molar-refractivity contribution in [1.82, 2.24) is 5.32 Å². The van der Waals surface area contributed by atoms with E-state index in [1.807, 2.05) is 12.1 Å². The minimum atomic E-state index is 0.407. The molecular formula is C13H18BrClN2. The van der Waals surface area contributed by atoms with E-state index in [0.29, 0.717) is 12.1 Å². The van der Waals surface area contributed by atoms with Crippen molar-refractivity contribution in [2.24, 2.45) is 5.73 Å². The van der Waals surface area contributed by atoms with Gasteiger partial charge in [-0.05, 0) is 43.4 Å². The summed E-state index contributed by atoms with van der Waals surface area (Å²) in [5, 5.41) is 4.38. The summed E-state index contributed by atoms with van der Waals surface area (Å²) >= 11 is 9.59. The second-order valence-corrected chi connectivity index (χ2v) is 6.05. The van der Waals surface area contributed by atoms with Gasteiger partial charge in [0.2, 0.25) is 0 Å². The fourth-order valence-electron chi connectivity index (χ4n) is 2.24. The number of rotatable bonds is 3. The highest BCUT2D eigenvalue weighted by atomic mass is 79.9. The molecule has 4 heteroatoms. The molecule has 0 radical (unpaired) electrons. The van der Waals surface area contributed by atoms with Crippen molar-refractivity contribution in [3.8, 4) is 0 Å². The van der Waals surface area contributed by atoms with E-state index in [2.05, 4.69) is 27.3 Å². The minimum absolute atomic E-state index is 0.407. The zero-order valence-electron chi connectivity index (χ0n) is 9.76. The molecule has 1 aromatic carbocycles. The van der Waals surface area contributed by atoms with Crippen LogP contribution in [0.15, 0.2) is 22.7 Å².